The van der Waals surface area contributed by atoms with Gasteiger partial charge in [0, 0.05) is 41.6 Å². The highest BCUT2D eigenvalue weighted by Crippen LogP contribution is 2.26. The Morgan fingerprint density at radius 1 is 1.42 bits per heavy atom. The maximum atomic E-state index is 5.84. The van der Waals surface area contributed by atoms with E-state index in [9.17, 15) is 0 Å². The summed E-state index contributed by atoms with van der Waals surface area (Å²) in [5.74, 6) is 1.09. The first-order chi connectivity index (χ1) is 12.7. The van der Waals surface area contributed by atoms with Crippen molar-refractivity contribution in [1.82, 2.24) is 15.4 Å². The largest absolute Gasteiger partial charge is 0.497 e. The summed E-state index contributed by atoms with van der Waals surface area (Å²) in [6.45, 7) is 2.61. The molecule has 0 amide bonds. The number of H-pyrrole nitrogens is 1. The number of nitrogens with zero attached hydrogens (tertiary/aromatic N) is 3. The molecule has 0 fully saturated rings. The third-order valence-electron chi connectivity index (χ3n) is 4.02. The molecule has 0 saturated heterocycles. The molecule has 0 saturated carbocycles. The van der Waals surface area contributed by atoms with Gasteiger partial charge in [0.15, 0.2) is 0 Å². The van der Waals surface area contributed by atoms with Crippen LogP contribution in [0, 0.1) is 6.92 Å². The van der Waals surface area contributed by atoms with Gasteiger partial charge in [-0.2, -0.15) is 5.10 Å². The zero-order valence-electron chi connectivity index (χ0n) is 14.9. The predicted molar refractivity (Wildman–Crippen MR) is 105 cm³/mol. The monoisotopic (exact) mass is 350 g/mol. The van der Waals surface area contributed by atoms with Crippen LogP contribution >= 0.6 is 0 Å². The first-order valence-electron chi connectivity index (χ1n) is 8.31. The predicted octanol–water partition coefficient (Wildman–Crippen LogP) is 2.36. The number of aromatic amines is 1. The summed E-state index contributed by atoms with van der Waals surface area (Å²) in [5.41, 5.74) is 12.8. The molecule has 7 heteroatoms. The summed E-state index contributed by atoms with van der Waals surface area (Å²) in [6.07, 6.45) is 7.96. The number of hydrogen-bond donors (Lipinski definition) is 3. The number of aryl methyl sites for hydroxylation is 1. The van der Waals surface area contributed by atoms with Crippen molar-refractivity contribution in [2.45, 2.75) is 13.3 Å². The zero-order valence-corrected chi connectivity index (χ0v) is 14.9. The molecule has 3 rings (SSSR count). The van der Waals surface area contributed by atoms with Crippen LogP contribution in [0.4, 0.5) is 0 Å². The van der Waals surface area contributed by atoms with Crippen molar-refractivity contribution in [3.05, 3.63) is 59.5 Å². The maximum absolute atomic E-state index is 5.84. The number of ether oxygens (including phenoxy) is 1. The first-order valence-corrected chi connectivity index (χ1v) is 8.31. The Morgan fingerprint density at radius 3 is 3.08 bits per heavy atom. The van der Waals surface area contributed by atoms with Crippen LogP contribution in [0.2, 0.25) is 0 Å². The number of hydrogen-bond acceptors (Lipinski definition) is 4. The van der Waals surface area contributed by atoms with Crippen molar-refractivity contribution in [2.24, 2.45) is 15.8 Å². The Bertz CT molecular complexity index is 930. The molecule has 0 bridgehead atoms. The summed E-state index contributed by atoms with van der Waals surface area (Å²) in [5, 5.41) is 5.21. The molecule has 0 spiro atoms. The fourth-order valence-electron chi connectivity index (χ4n) is 2.68. The topological polar surface area (TPSA) is 101 Å². The molecule has 0 unspecified atom stereocenters. The normalized spacial score (nSPS) is 12.0. The Labute approximate surface area is 152 Å². The van der Waals surface area contributed by atoms with Gasteiger partial charge in [-0.1, -0.05) is 6.07 Å². The molecular formula is C19H22N6O. The number of methoxy groups -OCH3 is 1. The Balaban J connectivity index is 1.62. The average molecular weight is 350 g/mol. The molecule has 2 aromatic heterocycles. The van der Waals surface area contributed by atoms with E-state index < -0.39 is 0 Å². The number of nitrogens with two attached hydrogens (primary N) is 1. The van der Waals surface area contributed by atoms with E-state index in [1.54, 1.807) is 19.5 Å². The van der Waals surface area contributed by atoms with Crippen LogP contribution in [0.15, 0.2) is 52.9 Å². The molecule has 26 heavy (non-hydrogen) atoms. The fraction of sp³-hybridized carbons (Fsp3) is 0.211. The van der Waals surface area contributed by atoms with E-state index in [0.29, 0.717) is 6.54 Å². The molecule has 4 N–H and O–H groups in total. The van der Waals surface area contributed by atoms with Gasteiger partial charge in [0.2, 0.25) is 5.96 Å². The summed E-state index contributed by atoms with van der Waals surface area (Å²) in [7, 11) is 1.66. The summed E-state index contributed by atoms with van der Waals surface area (Å²) < 4.78 is 5.33. The highest BCUT2D eigenvalue weighted by Gasteiger charge is 2.06. The van der Waals surface area contributed by atoms with Crippen LogP contribution in [-0.4, -0.2) is 35.8 Å². The molecule has 7 nitrogen and oxygen atoms in total. The van der Waals surface area contributed by atoms with Gasteiger partial charge in [0.25, 0.3) is 0 Å². The number of hydrazone groups is 1. The minimum atomic E-state index is 0.277. The van der Waals surface area contributed by atoms with Gasteiger partial charge >= 0.3 is 0 Å². The molecule has 0 aliphatic rings. The molecule has 0 radical (unpaired) electrons. The molecule has 0 atom stereocenters. The molecule has 0 aliphatic heterocycles. The SMILES string of the molecule is COc1cc(C)c2[nH]cc(/C=N/NC(N)=NCCc3cccnc3)c2c1. The van der Waals surface area contributed by atoms with Crippen LogP contribution in [0.5, 0.6) is 5.75 Å². The van der Waals surface area contributed by atoms with E-state index in [2.05, 4.69) is 25.5 Å². The molecular weight excluding hydrogens is 328 g/mol. The van der Waals surface area contributed by atoms with Gasteiger partial charge in [-0.15, -0.1) is 0 Å². The van der Waals surface area contributed by atoms with Gasteiger partial charge in [0.05, 0.1) is 13.3 Å². The van der Waals surface area contributed by atoms with Crippen LogP contribution in [0.25, 0.3) is 10.9 Å². The van der Waals surface area contributed by atoms with E-state index in [1.807, 2.05) is 43.6 Å². The van der Waals surface area contributed by atoms with Crippen molar-refractivity contribution in [3.8, 4) is 5.75 Å². The molecule has 3 aromatic rings. The summed E-state index contributed by atoms with van der Waals surface area (Å²) >= 11 is 0. The number of benzene rings is 1. The lowest BCUT2D eigenvalue weighted by Crippen LogP contribution is -2.27. The maximum Gasteiger partial charge on any atom is 0.209 e. The smallest absolute Gasteiger partial charge is 0.209 e. The van der Waals surface area contributed by atoms with Crippen LogP contribution < -0.4 is 15.9 Å². The Hall–Kier alpha value is -3.35. The molecule has 2 heterocycles. The van der Waals surface area contributed by atoms with Gasteiger partial charge < -0.3 is 15.5 Å². The second kappa shape index (κ2) is 8.15. The number of pyridine rings is 1. The lowest BCUT2D eigenvalue weighted by Gasteiger charge is -2.03. The molecule has 134 valence electrons. The number of fused-ring (bicyclic) bond motifs is 1. The summed E-state index contributed by atoms with van der Waals surface area (Å²) in [6, 6.07) is 7.89. The third kappa shape index (κ3) is 4.18. The van der Waals surface area contributed by atoms with Crippen molar-refractivity contribution in [3.63, 3.8) is 0 Å². The highest BCUT2D eigenvalue weighted by molar-refractivity contribution is 6.01. The quantitative estimate of drug-likeness (QED) is 0.361. The Morgan fingerprint density at radius 2 is 2.31 bits per heavy atom. The lowest BCUT2D eigenvalue weighted by atomic mass is 10.1. The second-order valence-corrected chi connectivity index (χ2v) is 5.86. The zero-order chi connectivity index (χ0) is 18.4. The Kier molecular flexibility index (Phi) is 5.48. The molecule has 0 aliphatic carbocycles. The number of nitrogens with one attached hydrogen (secondary N) is 2. The van der Waals surface area contributed by atoms with Crippen molar-refractivity contribution in [1.29, 1.82) is 0 Å². The van der Waals surface area contributed by atoms with Gasteiger partial charge in [-0.05, 0) is 42.7 Å². The van der Waals surface area contributed by atoms with Gasteiger partial charge in [-0.25, -0.2) is 5.43 Å². The van der Waals surface area contributed by atoms with E-state index >= 15 is 0 Å². The van der Waals surface area contributed by atoms with Gasteiger partial charge in [-0.3, -0.25) is 9.98 Å². The number of aromatic nitrogens is 2. The average Bonchev–Trinajstić information content (AvgIpc) is 3.06. The standard InChI is InChI=1S/C19H22N6O/c1-13-8-16(26-2)9-17-15(11-23-18(13)17)12-24-25-19(20)22-7-5-14-4-3-6-21-10-14/h3-4,6,8-12,23H,5,7H2,1-2H3,(H3,20,22,25)/b24-12+. The lowest BCUT2D eigenvalue weighted by molar-refractivity contribution is 0.415. The minimum absolute atomic E-state index is 0.277. The number of rotatable bonds is 6. The first kappa shape index (κ1) is 17.5. The molecule has 1 aromatic carbocycles. The minimum Gasteiger partial charge on any atom is -0.497 e. The van der Waals surface area contributed by atoms with E-state index in [0.717, 1.165) is 39.8 Å². The third-order valence-corrected chi connectivity index (χ3v) is 4.02. The van der Waals surface area contributed by atoms with Crippen molar-refractivity contribution < 1.29 is 4.74 Å². The summed E-state index contributed by atoms with van der Waals surface area (Å²) in [4.78, 5) is 11.6. The fourth-order valence-corrected chi connectivity index (χ4v) is 2.68. The van der Waals surface area contributed by atoms with E-state index in [-0.39, 0.29) is 5.96 Å². The van der Waals surface area contributed by atoms with Crippen LogP contribution in [-0.2, 0) is 6.42 Å². The van der Waals surface area contributed by atoms with E-state index in [4.69, 9.17) is 10.5 Å². The van der Waals surface area contributed by atoms with Crippen LogP contribution in [0.1, 0.15) is 16.7 Å². The highest BCUT2D eigenvalue weighted by atomic mass is 16.5. The second-order valence-electron chi connectivity index (χ2n) is 5.86. The van der Waals surface area contributed by atoms with Crippen LogP contribution in [0.3, 0.4) is 0 Å². The van der Waals surface area contributed by atoms with Gasteiger partial charge in [0.1, 0.15) is 5.75 Å². The van der Waals surface area contributed by atoms with Crippen molar-refractivity contribution in [2.75, 3.05) is 13.7 Å². The van der Waals surface area contributed by atoms with Crippen molar-refractivity contribution >= 4 is 23.1 Å². The number of guanidine groups is 1. The van der Waals surface area contributed by atoms with E-state index in [1.165, 1.54) is 0 Å². The number of aliphatic imine (C=N–C) groups is 1.